The molecule has 66 heavy (non-hydrogen) atoms. The first-order valence-electron chi connectivity index (χ1n) is 20.9. The maximum absolute atomic E-state index is 14.1. The molecule has 0 unspecified atom stereocenters. The summed E-state index contributed by atoms with van der Waals surface area (Å²) in [6.07, 6.45) is -10.1. The highest BCUT2D eigenvalue weighted by molar-refractivity contribution is 5.96. The van der Waals surface area contributed by atoms with E-state index in [0.29, 0.717) is 12.8 Å². The van der Waals surface area contributed by atoms with E-state index in [1.54, 1.807) is 54.6 Å². The summed E-state index contributed by atoms with van der Waals surface area (Å²) in [6, 6.07) is 23.1. The number of methoxy groups -OCH3 is 2. The molecule has 3 aromatic carbocycles. The third kappa shape index (κ3) is 10.7. The normalized spacial score (nSPS) is 25.3. The highest BCUT2D eigenvalue weighted by atomic mass is 16.7. The topological polar surface area (TPSA) is 255 Å². The third-order valence-corrected chi connectivity index (χ3v) is 10.9. The summed E-state index contributed by atoms with van der Waals surface area (Å²) in [7, 11) is 2.22. The molecule has 346 valence electrons. The second kappa shape index (κ2) is 21.0. The Bertz CT molecular complexity index is 2550. The number of nitrogens with zero attached hydrogens (tertiary/aromatic N) is 1. The van der Waals surface area contributed by atoms with E-state index in [4.69, 9.17) is 37.9 Å². The number of nitrogens with one attached hydrogen (secondary N) is 3. The van der Waals surface area contributed by atoms with Gasteiger partial charge in [0.2, 0.25) is 18.3 Å². The number of carbonyl (C=O) groups is 6. The zero-order valence-electron chi connectivity index (χ0n) is 35.8. The second-order valence-electron chi connectivity index (χ2n) is 15.4. The second-order valence-corrected chi connectivity index (χ2v) is 15.4. The summed E-state index contributed by atoms with van der Waals surface area (Å²) in [5.74, 6) is -5.90. The van der Waals surface area contributed by atoms with Crippen molar-refractivity contribution in [3.05, 3.63) is 153 Å². The largest absolute Gasteiger partial charge is 0.467 e. The lowest BCUT2D eigenvalue weighted by molar-refractivity contribution is -0.247. The Labute approximate surface area is 376 Å². The highest BCUT2D eigenvalue weighted by Gasteiger charge is 2.56. The Morgan fingerprint density at radius 2 is 1.32 bits per heavy atom. The molecule has 20 heteroatoms. The van der Waals surface area contributed by atoms with Crippen LogP contribution in [0.4, 0.5) is 0 Å². The number of rotatable bonds is 14. The first-order valence-corrected chi connectivity index (χ1v) is 20.9. The molecule has 4 heterocycles. The molecule has 0 bridgehead atoms. The lowest BCUT2D eigenvalue weighted by atomic mass is 10.0. The lowest BCUT2D eigenvalue weighted by Gasteiger charge is -2.38. The zero-order chi connectivity index (χ0) is 46.9. The first-order chi connectivity index (χ1) is 31.8. The van der Waals surface area contributed by atoms with Gasteiger partial charge >= 0.3 is 29.6 Å². The van der Waals surface area contributed by atoms with Crippen molar-refractivity contribution in [3.8, 4) is 0 Å². The molecule has 4 aromatic rings. The van der Waals surface area contributed by atoms with Crippen LogP contribution >= 0.6 is 0 Å². The van der Waals surface area contributed by atoms with E-state index in [2.05, 4.69) is 15.6 Å². The minimum Gasteiger partial charge on any atom is -0.467 e. The monoisotopic (exact) mass is 910 g/mol. The molecule has 0 spiro atoms. The molecule has 1 aromatic heterocycles. The molecule has 2 saturated heterocycles. The van der Waals surface area contributed by atoms with Crippen molar-refractivity contribution in [2.24, 2.45) is 0 Å². The molecule has 3 aliphatic heterocycles. The predicted molar refractivity (Wildman–Crippen MR) is 226 cm³/mol. The molecule has 2 amide bonds. The van der Waals surface area contributed by atoms with Crippen LogP contribution in [-0.4, -0.2) is 114 Å². The molecular formula is C46H46N4O16. The van der Waals surface area contributed by atoms with Gasteiger partial charge in [-0.2, -0.15) is 0 Å². The Balaban J connectivity index is 1.29. The Morgan fingerprint density at radius 1 is 0.742 bits per heavy atom. The summed E-state index contributed by atoms with van der Waals surface area (Å²) in [6.45, 7) is 1.83. The van der Waals surface area contributed by atoms with E-state index in [-0.39, 0.29) is 29.2 Å². The SMILES string of the molecule is COC(=O)[C@H](O[C@H]1OC(C(=O)N[C@H]2CCC[C@@H](C)NC2=O)=C[C@H](OC(=O)c2ccccc2)[C@@H]1OC(=O)c1ccccc1)[C@H]1O[C@@H](n2ccc(=O)[nH]c2=O)[C@H](OC(=O)c2ccccc2)[C@@H]1OC. The summed E-state index contributed by atoms with van der Waals surface area (Å²) >= 11 is 0. The smallest absolute Gasteiger partial charge is 0.338 e. The lowest BCUT2D eigenvalue weighted by Crippen LogP contribution is -2.55. The molecule has 20 nitrogen and oxygen atoms in total. The predicted octanol–water partition coefficient (Wildman–Crippen LogP) is 2.10. The van der Waals surface area contributed by atoms with Crippen molar-refractivity contribution in [1.29, 1.82) is 0 Å². The summed E-state index contributed by atoms with van der Waals surface area (Å²) in [4.78, 5) is 110. The van der Waals surface area contributed by atoms with Gasteiger partial charge in [-0.25, -0.2) is 24.0 Å². The number of aromatic nitrogens is 2. The standard InChI is InChI=1S/C46H46N4O16/c1-25-14-13-21-29(38(52)47-25)48-39(53)31-24-30(61-41(54)26-15-7-4-8-16-26)33(64-42(55)27-17-9-5-10-18-27)45(62-31)66-37(44(57)60-3)35-34(59-2)36(65-43(56)28-19-11-6-12-20-28)40(63-35)50-23-22-32(51)49-46(50)58/h4-12,15-20,22-25,29-30,33-37,40,45H,13-14,21H2,1-3H3,(H,47,52)(H,48,53)(H,49,51,58)/t25-,29+,30+,33+,34-,35+,36-,37-,40-,45-/m1/s1. The van der Waals surface area contributed by atoms with Crippen molar-refractivity contribution in [1.82, 2.24) is 20.2 Å². The maximum atomic E-state index is 14.1. The van der Waals surface area contributed by atoms with E-state index in [1.807, 2.05) is 6.92 Å². The van der Waals surface area contributed by atoms with E-state index in [0.717, 1.165) is 30.0 Å². The van der Waals surface area contributed by atoms with Crippen LogP contribution in [0.3, 0.4) is 0 Å². The number of ether oxygens (including phenoxy) is 8. The number of H-pyrrole nitrogens is 1. The summed E-state index contributed by atoms with van der Waals surface area (Å²) < 4.78 is 48.5. The molecular weight excluding hydrogens is 865 g/mol. The van der Waals surface area contributed by atoms with Crippen molar-refractivity contribution in [2.45, 2.75) is 87.4 Å². The van der Waals surface area contributed by atoms with Gasteiger partial charge in [-0.3, -0.25) is 23.9 Å². The number of esters is 4. The number of amides is 2. The van der Waals surface area contributed by atoms with Gasteiger partial charge in [0.05, 0.1) is 23.8 Å². The molecule has 3 aliphatic rings. The molecule has 10 atom stereocenters. The third-order valence-electron chi connectivity index (χ3n) is 10.9. The summed E-state index contributed by atoms with van der Waals surface area (Å²) in [5.41, 5.74) is -1.51. The molecule has 0 aliphatic carbocycles. The zero-order valence-corrected chi connectivity index (χ0v) is 35.8. The van der Waals surface area contributed by atoms with Crippen molar-refractivity contribution >= 4 is 35.7 Å². The van der Waals surface area contributed by atoms with Crippen LogP contribution in [-0.2, 0) is 52.3 Å². The molecule has 0 radical (unpaired) electrons. The Kier molecular flexibility index (Phi) is 14.9. The van der Waals surface area contributed by atoms with Crippen molar-refractivity contribution < 1.29 is 66.7 Å². The summed E-state index contributed by atoms with van der Waals surface area (Å²) in [5, 5.41) is 5.47. The molecule has 7 rings (SSSR count). The first kappa shape index (κ1) is 46.6. The van der Waals surface area contributed by atoms with Crippen LogP contribution < -0.4 is 21.9 Å². The minimum atomic E-state index is -2.04. The van der Waals surface area contributed by atoms with E-state index in [9.17, 15) is 38.4 Å². The van der Waals surface area contributed by atoms with Crippen molar-refractivity contribution in [3.63, 3.8) is 0 Å². The van der Waals surface area contributed by atoms with Crippen LogP contribution in [0.2, 0.25) is 0 Å². The van der Waals surface area contributed by atoms with Crippen LogP contribution in [0, 0.1) is 0 Å². The number of hydrogen-bond acceptors (Lipinski definition) is 16. The van der Waals surface area contributed by atoms with Gasteiger partial charge < -0.3 is 48.5 Å². The van der Waals surface area contributed by atoms with E-state index < -0.39 is 108 Å². The van der Waals surface area contributed by atoms with Gasteiger partial charge in [0.15, 0.2) is 30.3 Å². The van der Waals surface area contributed by atoms with Gasteiger partial charge in [0.25, 0.3) is 11.5 Å². The van der Waals surface area contributed by atoms with Gasteiger partial charge in [0.1, 0.15) is 18.2 Å². The van der Waals surface area contributed by atoms with E-state index in [1.165, 1.54) is 43.5 Å². The average Bonchev–Trinajstić information content (AvgIpc) is 3.59. The highest BCUT2D eigenvalue weighted by Crippen LogP contribution is 2.38. The quantitative estimate of drug-likeness (QED) is 0.121. The number of benzene rings is 3. The average molecular weight is 911 g/mol. The Morgan fingerprint density at radius 3 is 1.88 bits per heavy atom. The number of carbonyl (C=O) groups excluding carboxylic acids is 6. The van der Waals surface area contributed by atoms with Gasteiger partial charge in [0, 0.05) is 31.5 Å². The van der Waals surface area contributed by atoms with Crippen LogP contribution in [0.1, 0.15) is 63.5 Å². The fourth-order valence-electron chi connectivity index (χ4n) is 7.61. The maximum Gasteiger partial charge on any atom is 0.338 e. The fourth-order valence-corrected chi connectivity index (χ4v) is 7.61. The number of aromatic amines is 1. The van der Waals surface area contributed by atoms with Crippen LogP contribution in [0.15, 0.2) is 125 Å². The van der Waals surface area contributed by atoms with Crippen molar-refractivity contribution in [2.75, 3.05) is 14.2 Å². The molecule has 3 N–H and O–H groups in total. The molecule has 0 saturated carbocycles. The van der Waals surface area contributed by atoms with Gasteiger partial charge in [-0.05, 0) is 62.6 Å². The number of hydrogen-bond donors (Lipinski definition) is 3. The van der Waals surface area contributed by atoms with Crippen LogP contribution in [0.25, 0.3) is 0 Å². The van der Waals surface area contributed by atoms with Crippen LogP contribution in [0.5, 0.6) is 0 Å². The fraction of sp³-hybridized carbons (Fsp3) is 0.348. The minimum absolute atomic E-state index is 0.0471. The Hall–Kier alpha value is -7.42. The van der Waals surface area contributed by atoms with Gasteiger partial charge in [-0.15, -0.1) is 0 Å². The van der Waals surface area contributed by atoms with Gasteiger partial charge in [-0.1, -0.05) is 54.6 Å². The van der Waals surface area contributed by atoms with E-state index >= 15 is 0 Å². The molecule has 2 fully saturated rings.